The second-order valence-corrected chi connectivity index (χ2v) is 2.99. The van der Waals surface area contributed by atoms with E-state index in [-0.39, 0.29) is 12.5 Å². The van der Waals surface area contributed by atoms with Crippen LogP contribution in [0, 0.1) is 0 Å². The summed E-state index contributed by atoms with van der Waals surface area (Å²) >= 11 is 0. The molecule has 0 saturated carbocycles. The molecule has 0 aliphatic heterocycles. The topological polar surface area (TPSA) is 59.2 Å². The van der Waals surface area contributed by atoms with Gasteiger partial charge >= 0.3 is 0 Å². The Bertz CT molecular complexity index is 273. The van der Waals surface area contributed by atoms with E-state index < -0.39 is 0 Å². The van der Waals surface area contributed by atoms with Gasteiger partial charge in [-0.25, -0.2) is 0 Å². The van der Waals surface area contributed by atoms with Crippen molar-refractivity contribution in [2.75, 3.05) is 13.6 Å². The third kappa shape index (κ3) is 3.66. The molecule has 0 unspecified atom stereocenters. The molecule has 70 valence electrons. The number of hydrogen-bond donors (Lipinski definition) is 1. The van der Waals surface area contributed by atoms with Gasteiger partial charge in [-0.15, -0.1) is 0 Å². The van der Waals surface area contributed by atoms with Gasteiger partial charge in [-0.05, 0) is 24.7 Å². The van der Waals surface area contributed by atoms with Crippen LogP contribution in [-0.2, 0) is 11.3 Å². The minimum absolute atomic E-state index is 0.280. The Kier molecular flexibility index (Phi) is 3.40. The first-order valence-corrected chi connectivity index (χ1v) is 4.04. The fraction of sp³-hybridized carbons (Fsp3) is 0.333. The van der Waals surface area contributed by atoms with Crippen LogP contribution in [0.4, 0.5) is 0 Å². The fourth-order valence-corrected chi connectivity index (χ4v) is 1.12. The highest BCUT2D eigenvalue weighted by molar-refractivity contribution is 5.75. The molecule has 0 radical (unpaired) electrons. The highest BCUT2D eigenvalue weighted by atomic mass is 16.1. The maximum atomic E-state index is 10.6. The average molecular weight is 179 g/mol. The molecule has 0 spiro atoms. The van der Waals surface area contributed by atoms with Crippen LogP contribution in [-0.4, -0.2) is 29.4 Å². The lowest BCUT2D eigenvalue weighted by molar-refractivity contribution is -0.118. The van der Waals surface area contributed by atoms with Crippen molar-refractivity contribution < 1.29 is 4.79 Å². The molecule has 4 heteroatoms. The molecule has 0 aromatic carbocycles. The Hall–Kier alpha value is -1.42. The minimum atomic E-state index is -0.309. The summed E-state index contributed by atoms with van der Waals surface area (Å²) in [5.41, 5.74) is 6.18. The Morgan fingerprint density at radius 2 is 2.15 bits per heavy atom. The summed E-state index contributed by atoms with van der Waals surface area (Å²) in [6, 6.07) is 3.83. The highest BCUT2D eigenvalue weighted by Crippen LogP contribution is 1.99. The van der Waals surface area contributed by atoms with Gasteiger partial charge in [0.2, 0.25) is 5.91 Å². The molecule has 0 aliphatic rings. The van der Waals surface area contributed by atoms with E-state index >= 15 is 0 Å². The highest BCUT2D eigenvalue weighted by Gasteiger charge is 2.02. The van der Waals surface area contributed by atoms with Gasteiger partial charge in [0.05, 0.1) is 6.54 Å². The van der Waals surface area contributed by atoms with Gasteiger partial charge in [0.1, 0.15) is 0 Å². The second-order valence-electron chi connectivity index (χ2n) is 2.99. The van der Waals surface area contributed by atoms with Gasteiger partial charge in [-0.3, -0.25) is 14.7 Å². The molecule has 0 fully saturated rings. The normalized spacial score (nSPS) is 10.3. The van der Waals surface area contributed by atoms with E-state index in [0.29, 0.717) is 6.54 Å². The lowest BCUT2D eigenvalue weighted by Crippen LogP contribution is -2.30. The molecule has 1 rings (SSSR count). The first-order chi connectivity index (χ1) is 6.18. The number of carbonyl (C=O) groups excluding carboxylic acids is 1. The van der Waals surface area contributed by atoms with E-state index in [1.54, 1.807) is 12.4 Å². The molecule has 0 bridgehead atoms. The molecule has 1 amide bonds. The molecule has 1 aromatic rings. The quantitative estimate of drug-likeness (QED) is 0.707. The second kappa shape index (κ2) is 4.57. The molecule has 2 N–H and O–H groups in total. The lowest BCUT2D eigenvalue weighted by atomic mass is 10.2. The molecular formula is C9H13N3O. The van der Waals surface area contributed by atoms with Crippen LogP contribution >= 0.6 is 0 Å². The van der Waals surface area contributed by atoms with Crippen LogP contribution in [0.3, 0.4) is 0 Å². The van der Waals surface area contributed by atoms with Gasteiger partial charge in [0.15, 0.2) is 0 Å². The zero-order valence-electron chi connectivity index (χ0n) is 7.60. The van der Waals surface area contributed by atoms with Crippen LogP contribution in [0.1, 0.15) is 5.56 Å². The summed E-state index contributed by atoms with van der Waals surface area (Å²) in [6.07, 6.45) is 3.46. The van der Waals surface area contributed by atoms with Crippen LogP contribution in [0.15, 0.2) is 24.5 Å². The van der Waals surface area contributed by atoms with E-state index in [1.807, 2.05) is 24.1 Å². The van der Waals surface area contributed by atoms with Crippen molar-refractivity contribution in [2.45, 2.75) is 6.54 Å². The average Bonchev–Trinajstić information content (AvgIpc) is 2.04. The summed E-state index contributed by atoms with van der Waals surface area (Å²) in [7, 11) is 1.85. The van der Waals surface area contributed by atoms with E-state index in [9.17, 15) is 4.79 Å². The van der Waals surface area contributed by atoms with E-state index in [2.05, 4.69) is 4.98 Å². The minimum Gasteiger partial charge on any atom is -0.369 e. The number of rotatable bonds is 4. The van der Waals surface area contributed by atoms with E-state index in [4.69, 9.17) is 5.73 Å². The van der Waals surface area contributed by atoms with Crippen LogP contribution in [0.5, 0.6) is 0 Å². The van der Waals surface area contributed by atoms with Crippen molar-refractivity contribution in [3.05, 3.63) is 30.1 Å². The molecule has 0 aliphatic carbocycles. The number of likely N-dealkylation sites (N-methyl/N-ethyl adjacent to an activating group) is 1. The number of pyridine rings is 1. The molecule has 4 nitrogen and oxygen atoms in total. The van der Waals surface area contributed by atoms with Gasteiger partial charge in [0.25, 0.3) is 0 Å². The van der Waals surface area contributed by atoms with Crippen molar-refractivity contribution in [3.63, 3.8) is 0 Å². The van der Waals surface area contributed by atoms with Crippen molar-refractivity contribution in [1.82, 2.24) is 9.88 Å². The number of aromatic nitrogens is 1. The smallest absolute Gasteiger partial charge is 0.231 e. The maximum Gasteiger partial charge on any atom is 0.231 e. The predicted molar refractivity (Wildman–Crippen MR) is 49.8 cm³/mol. The number of primary amides is 1. The third-order valence-corrected chi connectivity index (χ3v) is 1.63. The fourth-order valence-electron chi connectivity index (χ4n) is 1.12. The first-order valence-electron chi connectivity index (χ1n) is 4.04. The molecule has 0 atom stereocenters. The summed E-state index contributed by atoms with van der Waals surface area (Å²) < 4.78 is 0. The number of hydrogen-bond acceptors (Lipinski definition) is 3. The van der Waals surface area contributed by atoms with Gasteiger partial charge < -0.3 is 5.73 Å². The van der Waals surface area contributed by atoms with Crippen molar-refractivity contribution >= 4 is 5.91 Å². The largest absolute Gasteiger partial charge is 0.369 e. The first kappa shape index (κ1) is 9.67. The number of amides is 1. The van der Waals surface area contributed by atoms with Crippen molar-refractivity contribution in [2.24, 2.45) is 5.73 Å². The molecule has 0 saturated heterocycles. The summed E-state index contributed by atoms with van der Waals surface area (Å²) in [4.78, 5) is 16.3. The van der Waals surface area contributed by atoms with Crippen LogP contribution in [0.2, 0.25) is 0 Å². The lowest BCUT2D eigenvalue weighted by Gasteiger charge is -2.13. The van der Waals surface area contributed by atoms with Gasteiger partial charge in [-0.1, -0.05) is 0 Å². The number of carbonyl (C=O) groups is 1. The molecule has 1 heterocycles. The number of nitrogens with zero attached hydrogens (tertiary/aromatic N) is 2. The third-order valence-electron chi connectivity index (χ3n) is 1.63. The zero-order valence-corrected chi connectivity index (χ0v) is 7.60. The molecular weight excluding hydrogens is 166 g/mol. The monoisotopic (exact) mass is 179 g/mol. The summed E-state index contributed by atoms with van der Waals surface area (Å²) in [6.45, 7) is 0.994. The molecule has 1 aromatic heterocycles. The van der Waals surface area contributed by atoms with Gasteiger partial charge in [0, 0.05) is 18.9 Å². The SMILES string of the molecule is CN(CC(N)=O)Cc1ccncc1. The summed E-state index contributed by atoms with van der Waals surface area (Å²) in [5.74, 6) is -0.309. The Labute approximate surface area is 77.4 Å². The Morgan fingerprint density at radius 1 is 1.54 bits per heavy atom. The van der Waals surface area contributed by atoms with E-state index in [0.717, 1.165) is 5.56 Å². The molecule has 13 heavy (non-hydrogen) atoms. The maximum absolute atomic E-state index is 10.6. The standard InChI is InChI=1S/C9H13N3O/c1-12(7-9(10)13)6-8-2-4-11-5-3-8/h2-5H,6-7H2,1H3,(H2,10,13). The Morgan fingerprint density at radius 3 is 2.69 bits per heavy atom. The Balaban J connectivity index is 2.45. The van der Waals surface area contributed by atoms with Crippen LogP contribution in [0.25, 0.3) is 0 Å². The van der Waals surface area contributed by atoms with E-state index in [1.165, 1.54) is 0 Å². The number of nitrogens with two attached hydrogens (primary N) is 1. The van der Waals surface area contributed by atoms with Crippen molar-refractivity contribution in [3.8, 4) is 0 Å². The summed E-state index contributed by atoms with van der Waals surface area (Å²) in [5, 5.41) is 0. The van der Waals surface area contributed by atoms with Gasteiger partial charge in [-0.2, -0.15) is 0 Å². The predicted octanol–water partition coefficient (Wildman–Crippen LogP) is -0.00130. The zero-order chi connectivity index (χ0) is 9.68. The van der Waals surface area contributed by atoms with Crippen LogP contribution < -0.4 is 5.73 Å². The van der Waals surface area contributed by atoms with Crippen molar-refractivity contribution in [1.29, 1.82) is 0 Å².